The molecule has 2 rings (SSSR count). The summed E-state index contributed by atoms with van der Waals surface area (Å²) < 4.78 is 25.5. The Bertz CT molecular complexity index is 655. The second-order valence-corrected chi connectivity index (χ2v) is 6.71. The molecular weight excluding hydrogens is 300 g/mol. The van der Waals surface area contributed by atoms with Crippen LogP contribution in [0.4, 0.5) is 5.69 Å². The van der Waals surface area contributed by atoms with E-state index >= 15 is 0 Å². The number of aliphatic carboxylic acids is 1. The van der Waals surface area contributed by atoms with Crippen molar-refractivity contribution in [1.29, 1.82) is 0 Å². The van der Waals surface area contributed by atoms with Crippen molar-refractivity contribution in [3.63, 3.8) is 0 Å². The lowest BCUT2D eigenvalue weighted by molar-refractivity contribution is -0.384. The predicted molar refractivity (Wildman–Crippen MR) is 73.1 cm³/mol. The summed E-state index contributed by atoms with van der Waals surface area (Å²) in [5.74, 6) is -1.52. The van der Waals surface area contributed by atoms with Crippen molar-refractivity contribution in [3.8, 4) is 0 Å². The van der Waals surface area contributed by atoms with Crippen molar-refractivity contribution < 1.29 is 23.2 Å². The van der Waals surface area contributed by atoms with Crippen molar-refractivity contribution in [2.45, 2.75) is 24.6 Å². The van der Waals surface area contributed by atoms with E-state index in [1.807, 2.05) is 0 Å². The van der Waals surface area contributed by atoms with Gasteiger partial charge >= 0.3 is 5.97 Å². The Balaban J connectivity index is 2.17. The average molecular weight is 314 g/mol. The smallest absolute Gasteiger partial charge is 0.322 e. The van der Waals surface area contributed by atoms with Gasteiger partial charge in [0, 0.05) is 18.7 Å². The second kappa shape index (κ2) is 5.78. The Kier molecular flexibility index (Phi) is 4.24. The Labute approximate surface area is 121 Å². The van der Waals surface area contributed by atoms with Gasteiger partial charge in [0.25, 0.3) is 5.69 Å². The predicted octanol–water partition coefficient (Wildman–Crippen LogP) is 0.974. The minimum Gasteiger partial charge on any atom is -0.480 e. The SMILES string of the molecule is O=C(O)[C@@H]1CCCN1S(=O)(=O)Cc1ccc([N+](=O)[O-])cc1. The zero-order valence-corrected chi connectivity index (χ0v) is 11.8. The first-order valence-corrected chi connectivity index (χ1v) is 7.88. The molecule has 1 heterocycles. The molecule has 0 radical (unpaired) electrons. The summed E-state index contributed by atoms with van der Waals surface area (Å²) in [6.07, 6.45) is 0.811. The minimum absolute atomic E-state index is 0.124. The van der Waals surface area contributed by atoms with Gasteiger partial charge in [-0.25, -0.2) is 8.42 Å². The molecule has 0 aromatic heterocycles. The van der Waals surface area contributed by atoms with Gasteiger partial charge in [-0.15, -0.1) is 0 Å². The van der Waals surface area contributed by atoms with E-state index in [0.717, 1.165) is 4.31 Å². The quantitative estimate of drug-likeness (QED) is 0.639. The van der Waals surface area contributed by atoms with E-state index < -0.39 is 27.0 Å². The molecule has 0 bridgehead atoms. The molecule has 21 heavy (non-hydrogen) atoms. The van der Waals surface area contributed by atoms with Crippen LogP contribution in [0.2, 0.25) is 0 Å². The fourth-order valence-corrected chi connectivity index (χ4v) is 4.10. The van der Waals surface area contributed by atoms with Gasteiger partial charge in [-0.3, -0.25) is 14.9 Å². The summed E-state index contributed by atoms with van der Waals surface area (Å²) in [5.41, 5.74) is 0.261. The fraction of sp³-hybridized carbons (Fsp3) is 0.417. The first-order valence-electron chi connectivity index (χ1n) is 6.27. The van der Waals surface area contributed by atoms with E-state index in [-0.39, 0.29) is 18.0 Å². The fourth-order valence-electron chi connectivity index (χ4n) is 2.33. The number of sulfonamides is 1. The van der Waals surface area contributed by atoms with E-state index in [1.165, 1.54) is 24.3 Å². The normalized spacial score (nSPS) is 19.5. The topological polar surface area (TPSA) is 118 Å². The van der Waals surface area contributed by atoms with Crippen LogP contribution in [0.5, 0.6) is 0 Å². The van der Waals surface area contributed by atoms with Crippen molar-refractivity contribution in [2.24, 2.45) is 0 Å². The molecule has 1 saturated heterocycles. The van der Waals surface area contributed by atoms with Crippen LogP contribution in [-0.4, -0.2) is 41.3 Å². The van der Waals surface area contributed by atoms with Crippen molar-refractivity contribution in [1.82, 2.24) is 4.31 Å². The lowest BCUT2D eigenvalue weighted by atomic mass is 10.2. The molecule has 1 aliphatic rings. The van der Waals surface area contributed by atoms with Crippen LogP contribution in [0, 0.1) is 10.1 Å². The number of benzene rings is 1. The molecule has 1 atom stereocenters. The van der Waals surface area contributed by atoms with Gasteiger partial charge in [0.2, 0.25) is 10.0 Å². The highest BCUT2D eigenvalue weighted by molar-refractivity contribution is 7.88. The Morgan fingerprint density at radius 3 is 2.52 bits per heavy atom. The molecule has 0 saturated carbocycles. The van der Waals surface area contributed by atoms with E-state index in [9.17, 15) is 23.3 Å². The molecule has 1 fully saturated rings. The van der Waals surface area contributed by atoms with E-state index in [1.54, 1.807) is 0 Å². The Hall–Kier alpha value is -2.00. The zero-order valence-electron chi connectivity index (χ0n) is 11.0. The second-order valence-electron chi connectivity index (χ2n) is 4.79. The minimum atomic E-state index is -3.76. The van der Waals surface area contributed by atoms with Crippen LogP contribution in [0.3, 0.4) is 0 Å². The maximum atomic E-state index is 12.3. The number of rotatable bonds is 5. The molecule has 8 nitrogen and oxygen atoms in total. The lowest BCUT2D eigenvalue weighted by Crippen LogP contribution is -2.40. The summed E-state index contributed by atoms with van der Waals surface area (Å²) in [5, 5.41) is 19.6. The molecule has 114 valence electrons. The summed E-state index contributed by atoms with van der Waals surface area (Å²) in [4.78, 5) is 21.0. The average Bonchev–Trinajstić information content (AvgIpc) is 2.89. The van der Waals surface area contributed by atoms with E-state index in [2.05, 4.69) is 0 Å². The number of hydrogen-bond donors (Lipinski definition) is 1. The van der Waals surface area contributed by atoms with Crippen LogP contribution in [-0.2, 0) is 20.6 Å². The number of carbonyl (C=O) groups is 1. The monoisotopic (exact) mass is 314 g/mol. The van der Waals surface area contributed by atoms with E-state index in [4.69, 9.17) is 5.11 Å². The van der Waals surface area contributed by atoms with Gasteiger partial charge in [0.1, 0.15) is 6.04 Å². The maximum Gasteiger partial charge on any atom is 0.322 e. The third-order valence-electron chi connectivity index (χ3n) is 3.34. The van der Waals surface area contributed by atoms with Gasteiger partial charge in [-0.1, -0.05) is 12.1 Å². The molecule has 9 heteroatoms. The zero-order chi connectivity index (χ0) is 15.6. The third-order valence-corrected chi connectivity index (χ3v) is 5.19. The van der Waals surface area contributed by atoms with Gasteiger partial charge < -0.3 is 5.11 Å². The number of carboxylic acids is 1. The molecule has 1 aliphatic heterocycles. The molecular formula is C12H14N2O6S. The number of carboxylic acid groups (broad SMARTS) is 1. The van der Waals surface area contributed by atoms with Gasteiger partial charge in [0.05, 0.1) is 10.7 Å². The summed E-state index contributed by atoms with van der Waals surface area (Å²) >= 11 is 0. The number of nitrogens with zero attached hydrogens (tertiary/aromatic N) is 2. The summed E-state index contributed by atoms with van der Waals surface area (Å²) in [7, 11) is -3.76. The first-order chi connectivity index (χ1) is 9.81. The van der Waals surface area contributed by atoms with Crippen molar-refractivity contribution in [3.05, 3.63) is 39.9 Å². The Morgan fingerprint density at radius 1 is 1.38 bits per heavy atom. The molecule has 1 aromatic carbocycles. The van der Waals surface area contributed by atoms with Gasteiger partial charge in [0.15, 0.2) is 0 Å². The summed E-state index contributed by atoms with van der Waals surface area (Å²) in [6, 6.07) is 4.16. The number of hydrogen-bond acceptors (Lipinski definition) is 5. The molecule has 0 spiro atoms. The molecule has 0 amide bonds. The van der Waals surface area contributed by atoms with E-state index in [0.29, 0.717) is 18.4 Å². The van der Waals surface area contributed by atoms with Crippen LogP contribution < -0.4 is 0 Å². The van der Waals surface area contributed by atoms with Gasteiger partial charge in [-0.05, 0) is 18.4 Å². The summed E-state index contributed by atoms with van der Waals surface area (Å²) in [6.45, 7) is 0.187. The van der Waals surface area contributed by atoms with Crippen LogP contribution in [0.25, 0.3) is 0 Å². The van der Waals surface area contributed by atoms with Crippen molar-refractivity contribution >= 4 is 21.7 Å². The Morgan fingerprint density at radius 2 is 2.00 bits per heavy atom. The number of non-ortho nitro benzene ring substituents is 1. The van der Waals surface area contributed by atoms with Crippen LogP contribution in [0.1, 0.15) is 18.4 Å². The number of nitro groups is 1. The molecule has 1 N–H and O–H groups in total. The highest BCUT2D eigenvalue weighted by atomic mass is 32.2. The highest BCUT2D eigenvalue weighted by Crippen LogP contribution is 2.24. The van der Waals surface area contributed by atoms with Gasteiger partial charge in [-0.2, -0.15) is 4.31 Å². The van der Waals surface area contributed by atoms with Crippen LogP contribution in [0.15, 0.2) is 24.3 Å². The standard InChI is InChI=1S/C12H14N2O6S/c15-12(16)11-2-1-7-13(11)21(19,20)8-9-3-5-10(6-4-9)14(17)18/h3-6,11H,1-2,7-8H2,(H,15,16)/t11-/m0/s1. The first kappa shape index (κ1) is 15.4. The largest absolute Gasteiger partial charge is 0.480 e. The van der Waals surface area contributed by atoms with Crippen LogP contribution >= 0.6 is 0 Å². The molecule has 0 unspecified atom stereocenters. The maximum absolute atomic E-state index is 12.3. The molecule has 1 aromatic rings. The highest BCUT2D eigenvalue weighted by Gasteiger charge is 2.38. The third kappa shape index (κ3) is 3.37. The molecule has 0 aliphatic carbocycles. The van der Waals surface area contributed by atoms with Crippen molar-refractivity contribution in [2.75, 3.05) is 6.54 Å². The lowest BCUT2D eigenvalue weighted by Gasteiger charge is -2.20. The number of nitro benzene ring substituents is 1.